The van der Waals surface area contributed by atoms with E-state index >= 15 is 4.79 Å². The molecule has 2 fully saturated rings. The third-order valence-corrected chi connectivity index (χ3v) is 40.2. The number of carbonyl (C=O) groups is 2. The van der Waals surface area contributed by atoms with Crippen LogP contribution in [0.2, 0.25) is 72.5 Å². The quantitative estimate of drug-likeness (QED) is 0.0150. The van der Waals surface area contributed by atoms with Crippen molar-refractivity contribution in [1.82, 2.24) is 0 Å². The van der Waals surface area contributed by atoms with Crippen molar-refractivity contribution in [2.75, 3.05) is 13.2 Å². The summed E-state index contributed by atoms with van der Waals surface area (Å²) in [6.45, 7) is 64.7. The van der Waals surface area contributed by atoms with E-state index in [1.165, 1.54) is 0 Å². The second-order valence-corrected chi connectivity index (χ2v) is 54.5. The Morgan fingerprint density at radius 2 is 1.02 bits per heavy atom. The van der Waals surface area contributed by atoms with E-state index < -0.39 is 76.3 Å². The molecule has 0 aromatic heterocycles. The lowest BCUT2D eigenvalue weighted by atomic mass is 9.85. The van der Waals surface area contributed by atoms with Gasteiger partial charge in [0.1, 0.15) is 11.9 Å². The molecule has 0 radical (unpaired) electrons. The molecule has 0 spiro atoms. The summed E-state index contributed by atoms with van der Waals surface area (Å²) in [6, 6.07) is 0. The second-order valence-electron chi connectivity index (χ2n) is 32.4. The molecule has 2 aliphatic heterocycles. The van der Waals surface area contributed by atoms with Gasteiger partial charge in [-0.05, 0) is 150 Å². The Morgan fingerprint density at radius 3 is 1.47 bits per heavy atom. The number of rotatable bonds is 34. The summed E-state index contributed by atoms with van der Waals surface area (Å²) in [5, 5.41) is -0.206. The predicted molar refractivity (Wildman–Crippen MR) is 378 cm³/mol. The molecule has 0 saturated carbocycles. The molecule has 0 N–H and O–H groups in total. The van der Waals surface area contributed by atoms with Gasteiger partial charge in [0.05, 0.1) is 62.0 Å². The number of allylic oxidation sites excluding steroid dienone is 2. The molecule has 1 unspecified atom stereocenters. The van der Waals surface area contributed by atoms with E-state index in [2.05, 4.69) is 182 Å². The minimum atomic E-state index is -3.74. The minimum absolute atomic E-state index is 0.0142. The van der Waals surface area contributed by atoms with Crippen LogP contribution in [0.5, 0.6) is 0 Å². The maximum Gasteiger partial charge on any atom is 0.344 e. The van der Waals surface area contributed by atoms with Crippen LogP contribution in [0.25, 0.3) is 0 Å². The number of carbonyl (C=O) groups excluding carboxylic acids is 2. The molecule has 0 amide bonds. The number of ketones is 1. The van der Waals surface area contributed by atoms with Gasteiger partial charge in [0, 0.05) is 44.4 Å². The largest absolute Gasteiger partial charge is 0.461 e. The Labute approximate surface area is 550 Å². The lowest BCUT2D eigenvalue weighted by Gasteiger charge is -2.47. The molecule has 2 aliphatic rings. The van der Waals surface area contributed by atoms with Crippen LogP contribution < -0.4 is 0 Å². The normalized spacial score (nSPS) is 23.3. The number of ether oxygens (including phenoxy) is 5. The van der Waals surface area contributed by atoms with Gasteiger partial charge in [-0.2, -0.15) is 0 Å². The third-order valence-electron chi connectivity index (χ3n) is 19.2. The van der Waals surface area contributed by atoms with Gasteiger partial charge in [0.25, 0.3) is 0 Å². The topological polar surface area (TPSA) is 153 Å². The average Bonchev–Trinajstić information content (AvgIpc) is 1.86. The summed E-state index contributed by atoms with van der Waals surface area (Å²) in [5.41, 5.74) is -1.09. The van der Waals surface area contributed by atoms with E-state index in [9.17, 15) is 9.36 Å². The smallest absolute Gasteiger partial charge is 0.344 e. The Balaban J connectivity index is 2.57. The maximum absolute atomic E-state index is 15.1. The number of hydrogen-bond donors (Lipinski definition) is 0. The number of hydrogen-bond acceptors (Lipinski definition) is 14. The van der Waals surface area contributed by atoms with E-state index in [0.717, 1.165) is 6.42 Å². The fourth-order valence-electron chi connectivity index (χ4n) is 10.4. The lowest BCUT2D eigenvalue weighted by molar-refractivity contribution is -0.330. The molecule has 510 valence electrons. The van der Waals surface area contributed by atoms with E-state index in [0.29, 0.717) is 38.5 Å². The van der Waals surface area contributed by atoms with Crippen LogP contribution in [-0.4, -0.2) is 130 Å². The van der Waals surface area contributed by atoms with E-state index in [-0.39, 0.29) is 107 Å². The van der Waals surface area contributed by atoms with Gasteiger partial charge >= 0.3 is 13.6 Å². The molecule has 2 rings (SSSR count). The van der Waals surface area contributed by atoms with Gasteiger partial charge < -0.3 is 50.4 Å². The first-order valence-corrected chi connectivity index (χ1v) is 47.4. The van der Waals surface area contributed by atoms with Gasteiger partial charge in [0.2, 0.25) is 0 Å². The van der Waals surface area contributed by atoms with Crippen LogP contribution in [0.3, 0.4) is 0 Å². The Bertz CT molecular complexity index is 2250. The summed E-state index contributed by atoms with van der Waals surface area (Å²) in [5.74, 6) is -2.57. The first-order chi connectivity index (χ1) is 39.3. The highest BCUT2D eigenvalue weighted by molar-refractivity contribution is 14.1. The number of Topliss-reactive ketones (excluding diaryl/α,β-unsaturated/α-hetero) is 1. The standard InChI is InChI=1S/C67H130IO14PSi4/c1-31-72-83(71,73-32-2)50(6)61(70)74-60(48(3)4)49(5)59-47-56(77-67(21,22)78-59)46-55-43-52(75-66(19,20)76-55)38-36-39-54(80-85(25,26)63(10,11)12)45-58(82-87(29,30)65(16,17)18)42-51(69)41-57(81-86(27,28)64(13,14)15)44-53(37-34-33-35-40-68)79-84(23,24)62(7,8)9/h33-36,39-40,48-50,52-60H,31-32,37-38,41-47H2,1-30H3/b34-33+,39-36+,40-35+/t49-,50?,52+,53+,54-,55+,56-,57+,58-,59-,60-/m0/s1. The maximum atomic E-state index is 15.1. The van der Waals surface area contributed by atoms with Crippen molar-refractivity contribution in [1.29, 1.82) is 0 Å². The summed E-state index contributed by atoms with van der Waals surface area (Å²) in [4.78, 5) is 28.8. The molecule has 0 bridgehead atoms. The van der Waals surface area contributed by atoms with Gasteiger partial charge in [-0.25, -0.2) is 0 Å². The van der Waals surface area contributed by atoms with Crippen molar-refractivity contribution in [2.45, 2.75) is 355 Å². The monoisotopic (exact) mass is 1430 g/mol. The third kappa shape index (κ3) is 26.8. The van der Waals surface area contributed by atoms with Gasteiger partial charge in [0.15, 0.2) is 50.5 Å². The summed E-state index contributed by atoms with van der Waals surface area (Å²) < 4.78 is 88.7. The average molecular weight is 1430 g/mol. The highest BCUT2D eigenvalue weighted by atomic mass is 127. The Kier molecular flexibility index (Phi) is 31.9. The summed E-state index contributed by atoms with van der Waals surface area (Å²) >= 11 is 2.25. The van der Waals surface area contributed by atoms with Crippen LogP contribution in [0, 0.1) is 11.8 Å². The highest BCUT2D eigenvalue weighted by Gasteiger charge is 2.48. The zero-order valence-electron chi connectivity index (χ0n) is 60.7. The van der Waals surface area contributed by atoms with Crippen LogP contribution >= 0.6 is 30.2 Å². The summed E-state index contributed by atoms with van der Waals surface area (Å²) in [7, 11) is -13.0. The fourth-order valence-corrected chi connectivity index (χ4v) is 17.6. The molecule has 14 nitrogen and oxygen atoms in total. The predicted octanol–water partition coefficient (Wildman–Crippen LogP) is 19.6. The number of halogens is 1. The highest BCUT2D eigenvalue weighted by Crippen LogP contribution is 2.54. The molecule has 0 aromatic carbocycles. The molecule has 20 heteroatoms. The minimum Gasteiger partial charge on any atom is -0.461 e. The molecule has 2 saturated heterocycles. The Hall–Kier alpha value is -0.212. The van der Waals surface area contributed by atoms with E-state index in [1.807, 2.05) is 58.6 Å². The van der Waals surface area contributed by atoms with E-state index in [1.54, 1.807) is 20.8 Å². The van der Waals surface area contributed by atoms with Crippen molar-refractivity contribution >= 4 is 75.2 Å². The fraction of sp³-hybridized carbons (Fsp3) is 0.881. The second kappa shape index (κ2) is 33.4. The molecule has 2 heterocycles. The van der Waals surface area contributed by atoms with E-state index in [4.69, 9.17) is 50.4 Å². The Morgan fingerprint density at radius 1 is 0.598 bits per heavy atom. The van der Waals surface area contributed by atoms with Gasteiger partial charge in [-0.15, -0.1) is 0 Å². The zero-order chi connectivity index (χ0) is 67.4. The first-order valence-electron chi connectivity index (χ1n) is 32.9. The lowest BCUT2D eigenvalue weighted by Crippen LogP contribution is -2.52. The zero-order valence-corrected chi connectivity index (χ0v) is 67.8. The van der Waals surface area contributed by atoms with Crippen LogP contribution in [0.4, 0.5) is 0 Å². The summed E-state index contributed by atoms with van der Waals surface area (Å²) in [6.07, 6.45) is 13.0. The van der Waals surface area contributed by atoms with Crippen LogP contribution in [-0.2, 0) is 64.6 Å². The van der Waals surface area contributed by atoms with Crippen molar-refractivity contribution in [3.05, 3.63) is 34.5 Å². The van der Waals surface area contributed by atoms with Gasteiger partial charge in [-0.1, -0.05) is 157 Å². The molecule has 0 aromatic rings. The van der Waals surface area contributed by atoms with Crippen molar-refractivity contribution in [3.63, 3.8) is 0 Å². The van der Waals surface area contributed by atoms with Crippen molar-refractivity contribution in [3.8, 4) is 0 Å². The van der Waals surface area contributed by atoms with Crippen LogP contribution in [0.1, 0.15) is 210 Å². The van der Waals surface area contributed by atoms with Crippen molar-refractivity contribution in [2.24, 2.45) is 11.8 Å². The number of esters is 1. The molecular weight excluding hydrogens is 1300 g/mol. The SMILES string of the molecule is CCOP(=O)(OCC)C(C)C(=O)O[C@@H](C(C)C)[C@@H](C)[C@@H]1C[C@H](C[C@H]2C[C@@H](C/C=C/[C@@H](C[C@H](CC(=O)C[C@H](C[C@@H](C/C=C/C=C/I)O[Si](C)(C)C(C)(C)C)O[Si](C)(C)C(C)(C)C)O[Si](C)(C)C(C)(C)C)O[Si](C)(C)C(C)(C)C)OC(C)(C)O2)OC(C)(C)O1. The molecule has 0 aliphatic carbocycles. The van der Waals surface area contributed by atoms with Crippen molar-refractivity contribution < 1.29 is 64.6 Å². The molecule has 87 heavy (non-hydrogen) atoms. The van der Waals surface area contributed by atoms with Gasteiger partial charge in [-0.3, -0.25) is 14.2 Å². The molecule has 11 atom stereocenters. The molecular formula is C67H130IO14PSi4. The first kappa shape index (κ1) is 82.9. The van der Waals surface area contributed by atoms with Crippen LogP contribution in [0.15, 0.2) is 34.5 Å².